The van der Waals surface area contributed by atoms with Crippen LogP contribution in [0.25, 0.3) is 16.9 Å². The van der Waals surface area contributed by atoms with Gasteiger partial charge in [0.2, 0.25) is 0 Å². The number of anilines is 1. The summed E-state index contributed by atoms with van der Waals surface area (Å²) in [6.45, 7) is 2.88. The van der Waals surface area contributed by atoms with Crippen LogP contribution in [0.2, 0.25) is 0 Å². The van der Waals surface area contributed by atoms with Gasteiger partial charge in [0.15, 0.2) is 5.65 Å². The van der Waals surface area contributed by atoms with Gasteiger partial charge in [-0.05, 0) is 92.0 Å². The van der Waals surface area contributed by atoms with Crippen LogP contribution in [0.1, 0.15) is 41.6 Å². The number of amides is 1. The number of nitrogens with zero attached hydrogens (tertiary/aromatic N) is 3. The first-order chi connectivity index (χ1) is 18.5. The molecular weight excluding hydrogens is 514 g/mol. The van der Waals surface area contributed by atoms with E-state index in [1.54, 1.807) is 12.1 Å². The van der Waals surface area contributed by atoms with Crippen molar-refractivity contribution < 1.29 is 9.90 Å². The molecule has 1 aliphatic carbocycles. The zero-order valence-corrected chi connectivity index (χ0v) is 22.9. The van der Waals surface area contributed by atoms with E-state index in [4.69, 9.17) is 10.1 Å². The SMILES string of the molecule is Cc1cc(-c2cnc3c(NCC4CCSCC4)cc(Sc4cccc(O)c4)nn23)ccc1C(=O)NC1CC1. The van der Waals surface area contributed by atoms with Crippen molar-refractivity contribution in [3.05, 3.63) is 65.9 Å². The molecule has 2 aliphatic rings. The molecular formula is C29H31N5O2S2. The number of carbonyl (C=O) groups excluding carboxylic acids is 1. The molecule has 0 radical (unpaired) electrons. The lowest BCUT2D eigenvalue weighted by molar-refractivity contribution is 0.0950. The second-order valence-electron chi connectivity index (χ2n) is 10.1. The maximum Gasteiger partial charge on any atom is 0.251 e. The molecule has 4 aromatic rings. The Kier molecular flexibility index (Phi) is 7.21. The maximum atomic E-state index is 12.6. The number of thioether (sulfide) groups is 1. The van der Waals surface area contributed by atoms with E-state index in [2.05, 4.69) is 16.7 Å². The van der Waals surface area contributed by atoms with Gasteiger partial charge in [0.05, 0.1) is 17.6 Å². The molecule has 9 heteroatoms. The van der Waals surface area contributed by atoms with E-state index in [0.717, 1.165) is 57.5 Å². The minimum Gasteiger partial charge on any atom is -0.508 e. The quantitative estimate of drug-likeness (QED) is 0.250. The highest BCUT2D eigenvalue weighted by Gasteiger charge is 2.25. The molecule has 3 N–H and O–H groups in total. The Hall–Kier alpha value is -3.17. The van der Waals surface area contributed by atoms with Crippen LogP contribution in [0.4, 0.5) is 5.69 Å². The van der Waals surface area contributed by atoms with Gasteiger partial charge in [0.25, 0.3) is 5.91 Å². The monoisotopic (exact) mass is 545 g/mol. The normalized spacial score (nSPS) is 16.0. The molecule has 7 nitrogen and oxygen atoms in total. The summed E-state index contributed by atoms with van der Waals surface area (Å²) in [6, 6.07) is 15.5. The van der Waals surface area contributed by atoms with Crippen molar-refractivity contribution in [3.63, 3.8) is 0 Å². The molecule has 0 atom stereocenters. The van der Waals surface area contributed by atoms with Crippen LogP contribution in [-0.2, 0) is 0 Å². The number of aromatic hydroxyl groups is 1. The third-order valence-electron chi connectivity index (χ3n) is 7.09. The molecule has 196 valence electrons. The predicted octanol–water partition coefficient (Wildman–Crippen LogP) is 6.01. The largest absolute Gasteiger partial charge is 0.508 e. The average molecular weight is 546 g/mol. The van der Waals surface area contributed by atoms with Gasteiger partial charge in [-0.3, -0.25) is 4.79 Å². The Bertz CT molecular complexity index is 1480. The molecule has 0 spiro atoms. The van der Waals surface area contributed by atoms with E-state index in [-0.39, 0.29) is 11.7 Å². The average Bonchev–Trinajstić information content (AvgIpc) is 3.63. The van der Waals surface area contributed by atoms with Gasteiger partial charge >= 0.3 is 0 Å². The van der Waals surface area contributed by atoms with E-state index in [9.17, 15) is 9.90 Å². The van der Waals surface area contributed by atoms with Gasteiger partial charge in [0.1, 0.15) is 10.8 Å². The molecule has 1 saturated heterocycles. The molecule has 2 aromatic carbocycles. The molecule has 0 bridgehead atoms. The van der Waals surface area contributed by atoms with Crippen molar-refractivity contribution in [2.75, 3.05) is 23.4 Å². The second-order valence-corrected chi connectivity index (χ2v) is 12.4. The minimum absolute atomic E-state index is 0.00906. The van der Waals surface area contributed by atoms with Gasteiger partial charge in [-0.2, -0.15) is 16.9 Å². The Morgan fingerprint density at radius 2 is 1.97 bits per heavy atom. The first-order valence-corrected chi connectivity index (χ1v) is 15.1. The number of rotatable bonds is 8. The number of benzene rings is 2. The molecule has 2 fully saturated rings. The van der Waals surface area contributed by atoms with Crippen molar-refractivity contribution in [1.82, 2.24) is 19.9 Å². The van der Waals surface area contributed by atoms with Gasteiger partial charge < -0.3 is 15.7 Å². The van der Waals surface area contributed by atoms with E-state index in [1.165, 1.54) is 36.1 Å². The number of aromatic nitrogens is 3. The van der Waals surface area contributed by atoms with E-state index in [0.29, 0.717) is 17.5 Å². The Morgan fingerprint density at radius 1 is 1.13 bits per heavy atom. The van der Waals surface area contributed by atoms with Crippen molar-refractivity contribution in [2.24, 2.45) is 5.92 Å². The van der Waals surface area contributed by atoms with Gasteiger partial charge in [-0.25, -0.2) is 9.50 Å². The number of carbonyl (C=O) groups is 1. The van der Waals surface area contributed by atoms with Crippen molar-refractivity contribution in [2.45, 2.75) is 48.6 Å². The van der Waals surface area contributed by atoms with Crippen molar-refractivity contribution in [3.8, 4) is 17.0 Å². The Morgan fingerprint density at radius 3 is 2.74 bits per heavy atom. The number of nitrogens with one attached hydrogen (secondary N) is 2. The smallest absolute Gasteiger partial charge is 0.251 e. The van der Waals surface area contributed by atoms with Crippen LogP contribution in [-0.4, -0.2) is 49.7 Å². The van der Waals surface area contributed by atoms with E-state index in [1.807, 2.05) is 59.7 Å². The van der Waals surface area contributed by atoms with E-state index < -0.39 is 0 Å². The van der Waals surface area contributed by atoms with Crippen molar-refractivity contribution >= 4 is 40.8 Å². The summed E-state index contributed by atoms with van der Waals surface area (Å²) in [5, 5.41) is 22.4. The molecule has 38 heavy (non-hydrogen) atoms. The van der Waals surface area contributed by atoms with Crippen LogP contribution in [0.3, 0.4) is 0 Å². The molecule has 3 heterocycles. The molecule has 6 rings (SSSR count). The summed E-state index contributed by atoms with van der Waals surface area (Å²) in [4.78, 5) is 18.3. The van der Waals surface area contributed by atoms with Crippen molar-refractivity contribution in [1.29, 1.82) is 0 Å². The highest BCUT2D eigenvalue weighted by molar-refractivity contribution is 7.99. The van der Waals surface area contributed by atoms with Gasteiger partial charge in [-0.1, -0.05) is 23.9 Å². The highest BCUT2D eigenvalue weighted by atomic mass is 32.2. The van der Waals surface area contributed by atoms with Crippen LogP contribution in [0, 0.1) is 12.8 Å². The molecule has 1 saturated carbocycles. The number of phenols is 1. The molecule has 2 aromatic heterocycles. The zero-order chi connectivity index (χ0) is 26.1. The number of hydrogen-bond donors (Lipinski definition) is 3. The zero-order valence-electron chi connectivity index (χ0n) is 21.3. The first-order valence-electron chi connectivity index (χ1n) is 13.1. The summed E-state index contributed by atoms with van der Waals surface area (Å²) >= 11 is 3.54. The fourth-order valence-electron chi connectivity index (χ4n) is 4.76. The van der Waals surface area contributed by atoms with Crippen LogP contribution in [0.15, 0.2) is 64.6 Å². The highest BCUT2D eigenvalue weighted by Crippen LogP contribution is 2.33. The van der Waals surface area contributed by atoms with Gasteiger partial charge in [0, 0.05) is 28.6 Å². The summed E-state index contributed by atoms with van der Waals surface area (Å²) in [6.07, 6.45) is 6.43. The third kappa shape index (κ3) is 5.63. The molecule has 1 aliphatic heterocycles. The fraction of sp³-hybridized carbons (Fsp3) is 0.345. The second kappa shape index (κ2) is 10.9. The van der Waals surface area contributed by atoms with E-state index >= 15 is 0 Å². The number of phenolic OH excluding ortho intramolecular Hbond substituents is 1. The number of aryl methyl sites for hydroxylation is 1. The number of hydrogen-bond acceptors (Lipinski definition) is 7. The number of imidazole rings is 1. The first kappa shape index (κ1) is 25.1. The summed E-state index contributed by atoms with van der Waals surface area (Å²) < 4.78 is 1.89. The number of fused-ring (bicyclic) bond motifs is 1. The standard InChI is InChI=1S/C29H31N5O2S2/c1-18-13-20(5-8-24(18)29(36)32-21-6-7-21)26-17-31-28-25(30-16-19-9-11-37-12-10-19)15-27(33-34(26)28)38-23-4-2-3-22(35)14-23/h2-5,8,13-15,17,19,21,30,35H,6-7,9-12,16H2,1H3,(H,32,36). The predicted molar refractivity (Wildman–Crippen MR) is 154 cm³/mol. The van der Waals surface area contributed by atoms with Crippen LogP contribution >= 0.6 is 23.5 Å². The summed E-state index contributed by atoms with van der Waals surface area (Å²) in [5.41, 5.74) is 5.18. The van der Waals surface area contributed by atoms with Crippen LogP contribution in [0.5, 0.6) is 5.75 Å². The lowest BCUT2D eigenvalue weighted by atomic mass is 10.0. The molecule has 1 amide bonds. The lowest BCUT2D eigenvalue weighted by Gasteiger charge is -2.22. The minimum atomic E-state index is -0.00906. The van der Waals surface area contributed by atoms with Crippen LogP contribution < -0.4 is 10.6 Å². The fourth-order valence-corrected chi connectivity index (χ4v) is 6.84. The Balaban J connectivity index is 1.35. The summed E-state index contributed by atoms with van der Waals surface area (Å²) in [5.74, 6) is 3.31. The topological polar surface area (TPSA) is 91.6 Å². The Labute approximate surface area is 230 Å². The van der Waals surface area contributed by atoms with Gasteiger partial charge in [-0.15, -0.1) is 0 Å². The third-order valence-corrected chi connectivity index (χ3v) is 9.03. The molecule has 0 unspecified atom stereocenters. The maximum absolute atomic E-state index is 12.6. The summed E-state index contributed by atoms with van der Waals surface area (Å²) in [7, 11) is 0. The lowest BCUT2D eigenvalue weighted by Crippen LogP contribution is -2.26.